The second kappa shape index (κ2) is 14.9. The third-order valence-electron chi connectivity index (χ3n) is 9.42. The van der Waals surface area contributed by atoms with E-state index in [4.69, 9.17) is 37.4 Å². The van der Waals surface area contributed by atoms with Crippen molar-refractivity contribution < 1.29 is 38.8 Å². The number of anilines is 1. The Morgan fingerprint density at radius 3 is 2.39 bits per heavy atom. The van der Waals surface area contributed by atoms with Gasteiger partial charge in [-0.15, -0.1) is 0 Å². The lowest BCUT2D eigenvalue weighted by atomic mass is 9.80. The minimum absolute atomic E-state index is 0.0151. The Hall–Kier alpha value is -4.58. The minimum Gasteiger partial charge on any atom is -0.493 e. The van der Waals surface area contributed by atoms with Crippen molar-refractivity contribution in [1.82, 2.24) is 9.88 Å². The topological polar surface area (TPSA) is 126 Å². The van der Waals surface area contributed by atoms with Crippen LogP contribution < -0.4 is 19.1 Å². The van der Waals surface area contributed by atoms with Gasteiger partial charge in [0.2, 0.25) is 12.4 Å². The smallest absolute Gasteiger partial charge is 0.414 e. The fraction of sp³-hybridized carbons (Fsp3) is 0.333. The molecule has 2 atom stereocenters. The van der Waals surface area contributed by atoms with Gasteiger partial charge in [-0.2, -0.15) is 0 Å². The first-order valence-corrected chi connectivity index (χ1v) is 16.7. The number of benzene rings is 2. The highest BCUT2D eigenvalue weighted by Crippen LogP contribution is 2.41. The highest BCUT2D eigenvalue weighted by Gasteiger charge is 2.38. The number of hydrogen-bond donors (Lipinski definition) is 2. The number of hydrogen-bond acceptors (Lipinski definition) is 8. The maximum Gasteiger partial charge on any atom is 0.414 e. The number of carbonyl (C=O) groups is 2. The fourth-order valence-electron chi connectivity index (χ4n) is 6.93. The number of halogens is 2. The number of pyridine rings is 2. The molecule has 2 bridgehead atoms. The van der Waals surface area contributed by atoms with Crippen LogP contribution in [0, 0.1) is 5.92 Å². The lowest BCUT2D eigenvalue weighted by molar-refractivity contribution is -0.904. The normalized spacial score (nSPS) is 18.8. The molecule has 11 nitrogen and oxygen atoms in total. The largest absolute Gasteiger partial charge is 0.493 e. The Morgan fingerprint density at radius 2 is 1.78 bits per heavy atom. The molecule has 256 valence electrons. The van der Waals surface area contributed by atoms with E-state index in [9.17, 15) is 19.9 Å². The van der Waals surface area contributed by atoms with Crippen LogP contribution in [0.15, 0.2) is 73.3 Å². The lowest BCUT2D eigenvalue weighted by Crippen LogP contribution is -2.53. The number of amides is 1. The fourth-order valence-corrected chi connectivity index (χ4v) is 7.53. The van der Waals surface area contributed by atoms with E-state index in [2.05, 4.69) is 9.88 Å². The van der Waals surface area contributed by atoms with E-state index in [1.54, 1.807) is 48.8 Å². The van der Waals surface area contributed by atoms with Crippen LogP contribution in [0.4, 0.5) is 10.5 Å². The molecule has 3 aliphatic heterocycles. The molecule has 3 fully saturated rings. The van der Waals surface area contributed by atoms with Crippen molar-refractivity contribution in [2.45, 2.75) is 37.8 Å². The molecule has 0 radical (unpaired) electrons. The van der Waals surface area contributed by atoms with Crippen LogP contribution in [0.1, 0.15) is 51.4 Å². The second-order valence-electron chi connectivity index (χ2n) is 12.2. The monoisotopic (exact) mass is 707 g/mol. The molecule has 3 aliphatic rings. The summed E-state index contributed by atoms with van der Waals surface area (Å²) in [4.78, 5) is 35.1. The van der Waals surface area contributed by atoms with Crippen molar-refractivity contribution >= 4 is 41.0 Å². The predicted molar refractivity (Wildman–Crippen MR) is 182 cm³/mol. The molecule has 2 aromatic heterocycles. The average molecular weight is 709 g/mol. The number of aromatic nitrogens is 2. The van der Waals surface area contributed by atoms with Crippen LogP contribution in [-0.4, -0.2) is 72.2 Å². The van der Waals surface area contributed by atoms with E-state index in [1.165, 1.54) is 37.6 Å². The number of fused-ring (bicyclic) bond motifs is 3. The van der Waals surface area contributed by atoms with Crippen molar-refractivity contribution in [1.29, 1.82) is 0 Å². The van der Waals surface area contributed by atoms with Gasteiger partial charge in [0.1, 0.15) is 16.1 Å². The van der Waals surface area contributed by atoms with Gasteiger partial charge in [0.25, 0.3) is 0 Å². The van der Waals surface area contributed by atoms with Crippen LogP contribution in [0.5, 0.6) is 11.5 Å². The summed E-state index contributed by atoms with van der Waals surface area (Å²) < 4.78 is 18.1. The molecule has 3 saturated heterocycles. The van der Waals surface area contributed by atoms with Crippen molar-refractivity contribution in [3.63, 3.8) is 0 Å². The van der Waals surface area contributed by atoms with Crippen LogP contribution >= 0.6 is 23.2 Å². The van der Waals surface area contributed by atoms with E-state index in [1.807, 2.05) is 6.07 Å². The summed E-state index contributed by atoms with van der Waals surface area (Å²) in [6.07, 6.45) is 7.14. The molecule has 0 unspecified atom stereocenters. The van der Waals surface area contributed by atoms with Crippen molar-refractivity contribution in [3.05, 3.63) is 111 Å². The Bertz CT molecular complexity index is 1810. The summed E-state index contributed by atoms with van der Waals surface area (Å²) in [6.45, 7) is 2.67. The van der Waals surface area contributed by atoms with Gasteiger partial charge in [-0.1, -0.05) is 41.4 Å². The predicted octanol–water partition coefficient (Wildman–Crippen LogP) is 6.24. The van der Waals surface area contributed by atoms with Gasteiger partial charge in [-0.05, 0) is 85.3 Å². The number of nitrogens with zero attached hydrogens (tertiary/aromatic N) is 4. The molecule has 1 amide bonds. The highest BCUT2D eigenvalue weighted by atomic mass is 35.5. The van der Waals surface area contributed by atoms with Crippen LogP contribution in [-0.2, 0) is 17.7 Å². The van der Waals surface area contributed by atoms with Gasteiger partial charge >= 0.3 is 12.1 Å². The van der Waals surface area contributed by atoms with E-state index >= 15 is 0 Å². The third-order valence-corrected chi connectivity index (χ3v) is 10.1. The van der Waals surface area contributed by atoms with Gasteiger partial charge in [0.15, 0.2) is 11.5 Å². The zero-order valence-electron chi connectivity index (χ0n) is 27.1. The number of carbonyl (C=O) groups excluding carboxylic acids is 1. The van der Waals surface area contributed by atoms with E-state index < -0.39 is 18.0 Å². The molecule has 7 rings (SSSR count). The SMILES string of the molecule is COc1ccc([C@H](Cc2c(Cl)c[n+](O)cc2Cl)c2c(CN(C(=O)O[C@H]3CN4CCC3CC4)c3cccnc3)cccc2C(=O)O)cc1OC. The van der Waals surface area contributed by atoms with Crippen molar-refractivity contribution in [2.24, 2.45) is 5.92 Å². The zero-order valence-corrected chi connectivity index (χ0v) is 28.6. The Kier molecular flexibility index (Phi) is 10.4. The van der Waals surface area contributed by atoms with Gasteiger partial charge in [0.05, 0.1) is 38.2 Å². The van der Waals surface area contributed by atoms with Gasteiger partial charge in [-0.3, -0.25) is 20.0 Å². The Labute approximate surface area is 294 Å². The Morgan fingerprint density at radius 1 is 1.04 bits per heavy atom. The molecule has 13 heteroatoms. The lowest BCUT2D eigenvalue weighted by Gasteiger charge is -2.44. The standard InChI is InChI=1S/C36H36Cl2N4O7/c1-47-31-9-8-23(15-32(31)48-2)27(16-28-29(37)19-41(46)20-30(28)38)34-24(5-3-7-26(34)35(43)44)18-42(25-6-4-12-39-17-25)36(45)49-33-21-40-13-10-22(33)11-14-40/h3-9,12,15,17,19-20,22,27,33H,10-11,13-14,16,18,21H2,1-2H3,(H-,43,44,46)/p+1/t27-,33-/m0/s1. The summed E-state index contributed by atoms with van der Waals surface area (Å²) in [5.74, 6) is -0.588. The summed E-state index contributed by atoms with van der Waals surface area (Å²) in [6, 6.07) is 13.8. The summed E-state index contributed by atoms with van der Waals surface area (Å²) in [5.41, 5.74) is 2.72. The number of rotatable bonds is 11. The number of piperidine rings is 3. The molecule has 4 aromatic rings. The summed E-state index contributed by atoms with van der Waals surface area (Å²) >= 11 is 13.2. The maximum atomic E-state index is 14.1. The second-order valence-corrected chi connectivity index (χ2v) is 13.0. The van der Waals surface area contributed by atoms with E-state index in [0.717, 1.165) is 30.7 Å². The van der Waals surface area contributed by atoms with Crippen LogP contribution in [0.25, 0.3) is 0 Å². The summed E-state index contributed by atoms with van der Waals surface area (Å²) in [5, 5.41) is 21.0. The molecule has 0 aliphatic carbocycles. The first-order chi connectivity index (χ1) is 23.7. The van der Waals surface area contributed by atoms with Crippen LogP contribution in [0.2, 0.25) is 10.0 Å². The molecular weight excluding hydrogens is 671 g/mol. The quantitative estimate of drug-likeness (QED) is 0.138. The molecule has 2 N–H and O–H groups in total. The first kappa shape index (κ1) is 34.3. The van der Waals surface area contributed by atoms with Crippen molar-refractivity contribution in [2.75, 3.05) is 38.8 Å². The van der Waals surface area contributed by atoms with Crippen LogP contribution in [0.3, 0.4) is 0 Å². The molecule has 2 aromatic carbocycles. The van der Waals surface area contributed by atoms with Gasteiger partial charge in [-0.25, -0.2) is 9.59 Å². The molecule has 49 heavy (non-hydrogen) atoms. The number of carboxylic acid groups (broad SMARTS) is 1. The summed E-state index contributed by atoms with van der Waals surface area (Å²) in [7, 11) is 3.05. The van der Waals surface area contributed by atoms with Gasteiger partial charge in [0, 0.05) is 29.0 Å². The number of methoxy groups -OCH3 is 2. The maximum absolute atomic E-state index is 14.1. The minimum atomic E-state index is -1.15. The molecule has 0 spiro atoms. The number of ether oxygens (including phenoxy) is 3. The first-order valence-electron chi connectivity index (χ1n) is 15.9. The van der Waals surface area contributed by atoms with E-state index in [0.29, 0.717) is 51.9 Å². The van der Waals surface area contributed by atoms with E-state index in [-0.39, 0.29) is 34.7 Å². The van der Waals surface area contributed by atoms with Crippen molar-refractivity contribution in [3.8, 4) is 11.5 Å². The zero-order chi connectivity index (χ0) is 34.7. The molecular formula is C36H37Cl2N4O7+. The molecule has 0 saturated carbocycles. The average Bonchev–Trinajstić information content (AvgIpc) is 3.11. The third kappa shape index (κ3) is 7.39. The number of carboxylic acids is 1. The van der Waals surface area contributed by atoms with Gasteiger partial charge < -0.3 is 19.3 Å². The highest BCUT2D eigenvalue weighted by molar-refractivity contribution is 6.35. The molecule has 5 heterocycles. The number of aromatic carboxylic acids is 1. The Balaban J connectivity index is 1.48.